The van der Waals surface area contributed by atoms with Crippen molar-refractivity contribution in [2.45, 2.75) is 6.42 Å². The van der Waals surface area contributed by atoms with Crippen molar-refractivity contribution in [3.8, 4) is 5.75 Å². The van der Waals surface area contributed by atoms with Crippen LogP contribution in [0.3, 0.4) is 0 Å². The van der Waals surface area contributed by atoms with E-state index in [9.17, 15) is 4.79 Å². The Labute approximate surface area is 147 Å². The molecule has 0 radical (unpaired) electrons. The molecule has 0 atom stereocenters. The smallest absolute Gasteiger partial charge is 0.227 e. The van der Waals surface area contributed by atoms with E-state index in [0.29, 0.717) is 11.4 Å². The first-order valence-electron chi connectivity index (χ1n) is 8.07. The number of benzene rings is 2. The van der Waals surface area contributed by atoms with Gasteiger partial charge in [0.05, 0.1) is 13.5 Å². The summed E-state index contributed by atoms with van der Waals surface area (Å²) in [6.07, 6.45) is 0.360. The Morgan fingerprint density at radius 2 is 1.83 bits per heavy atom. The van der Waals surface area contributed by atoms with Crippen LogP contribution in [0.2, 0.25) is 5.02 Å². The first-order valence-corrected chi connectivity index (χ1v) is 8.45. The fraction of sp³-hybridized carbons (Fsp3) is 0.316. The molecule has 0 bridgehead atoms. The summed E-state index contributed by atoms with van der Waals surface area (Å²) < 4.78 is 5.28. The third kappa shape index (κ3) is 3.82. The maximum atomic E-state index is 12.5. The predicted molar refractivity (Wildman–Crippen MR) is 96.9 cm³/mol. The van der Waals surface area contributed by atoms with Gasteiger partial charge in [0, 0.05) is 43.0 Å². The number of nitrogens with zero attached hydrogens (tertiary/aromatic N) is 2. The molecule has 0 aliphatic carbocycles. The average Bonchev–Trinajstić information content (AvgIpc) is 2.64. The van der Waals surface area contributed by atoms with Gasteiger partial charge in [-0.25, -0.2) is 0 Å². The Morgan fingerprint density at radius 3 is 2.54 bits per heavy atom. The molecule has 0 spiro atoms. The van der Waals surface area contributed by atoms with Gasteiger partial charge < -0.3 is 14.5 Å². The van der Waals surface area contributed by atoms with E-state index < -0.39 is 0 Å². The van der Waals surface area contributed by atoms with Crippen molar-refractivity contribution >= 4 is 23.2 Å². The molecule has 1 aliphatic rings. The third-order valence-corrected chi connectivity index (χ3v) is 4.72. The van der Waals surface area contributed by atoms with Crippen molar-refractivity contribution in [1.29, 1.82) is 0 Å². The zero-order valence-electron chi connectivity index (χ0n) is 13.7. The molecule has 1 amide bonds. The third-order valence-electron chi connectivity index (χ3n) is 4.35. The van der Waals surface area contributed by atoms with E-state index in [1.54, 1.807) is 7.11 Å². The van der Waals surface area contributed by atoms with Crippen LogP contribution < -0.4 is 9.64 Å². The molecule has 1 saturated heterocycles. The molecule has 0 unspecified atom stereocenters. The highest BCUT2D eigenvalue weighted by atomic mass is 35.5. The van der Waals surface area contributed by atoms with E-state index in [4.69, 9.17) is 16.3 Å². The molecule has 0 saturated carbocycles. The molecule has 1 fully saturated rings. The van der Waals surface area contributed by atoms with Crippen LogP contribution in [-0.2, 0) is 11.2 Å². The van der Waals surface area contributed by atoms with Crippen molar-refractivity contribution in [3.63, 3.8) is 0 Å². The van der Waals surface area contributed by atoms with Gasteiger partial charge >= 0.3 is 0 Å². The minimum Gasteiger partial charge on any atom is -0.497 e. The number of halogens is 1. The second-order valence-electron chi connectivity index (χ2n) is 5.84. The van der Waals surface area contributed by atoms with Crippen LogP contribution in [0.5, 0.6) is 5.75 Å². The largest absolute Gasteiger partial charge is 0.497 e. The minimum atomic E-state index is 0.133. The Kier molecular flexibility index (Phi) is 5.26. The summed E-state index contributed by atoms with van der Waals surface area (Å²) in [4.78, 5) is 16.7. The Morgan fingerprint density at radius 1 is 1.08 bits per heavy atom. The number of ether oxygens (including phenoxy) is 1. The lowest BCUT2D eigenvalue weighted by atomic mass is 10.1. The summed E-state index contributed by atoms with van der Waals surface area (Å²) in [6.45, 7) is 3.09. The van der Waals surface area contributed by atoms with Gasteiger partial charge in [0.25, 0.3) is 0 Å². The van der Waals surface area contributed by atoms with E-state index in [1.807, 2.05) is 47.4 Å². The number of amides is 1. The van der Waals surface area contributed by atoms with E-state index >= 15 is 0 Å². The van der Waals surface area contributed by atoms with Gasteiger partial charge in [-0.05, 0) is 23.8 Å². The van der Waals surface area contributed by atoms with Gasteiger partial charge in [0.1, 0.15) is 5.75 Å². The number of methoxy groups -OCH3 is 1. The number of rotatable bonds is 4. The normalized spacial score (nSPS) is 14.6. The molecule has 1 heterocycles. The number of piperazine rings is 1. The molecular weight excluding hydrogens is 324 g/mol. The number of carbonyl (C=O) groups excluding carboxylic acids is 1. The monoisotopic (exact) mass is 344 g/mol. The molecule has 2 aromatic carbocycles. The second-order valence-corrected chi connectivity index (χ2v) is 6.24. The average molecular weight is 345 g/mol. The summed E-state index contributed by atoms with van der Waals surface area (Å²) in [5.41, 5.74) is 2.02. The van der Waals surface area contributed by atoms with E-state index in [1.165, 1.54) is 0 Å². The maximum Gasteiger partial charge on any atom is 0.227 e. The zero-order valence-corrected chi connectivity index (χ0v) is 14.5. The Hall–Kier alpha value is -2.20. The number of anilines is 1. The first kappa shape index (κ1) is 16.7. The van der Waals surface area contributed by atoms with Crippen molar-refractivity contribution in [3.05, 3.63) is 59.1 Å². The van der Waals surface area contributed by atoms with Crippen molar-refractivity contribution in [2.75, 3.05) is 38.2 Å². The molecule has 126 valence electrons. The molecule has 2 aromatic rings. The topological polar surface area (TPSA) is 32.8 Å². The molecule has 24 heavy (non-hydrogen) atoms. The van der Waals surface area contributed by atoms with Gasteiger partial charge in [0.2, 0.25) is 5.91 Å². The Balaban J connectivity index is 1.58. The van der Waals surface area contributed by atoms with Crippen molar-refractivity contribution in [2.24, 2.45) is 0 Å². The summed E-state index contributed by atoms with van der Waals surface area (Å²) in [5.74, 6) is 0.984. The minimum absolute atomic E-state index is 0.133. The molecule has 5 heteroatoms. The molecule has 0 aromatic heterocycles. The van der Waals surface area contributed by atoms with Gasteiger partial charge in [-0.15, -0.1) is 0 Å². The second kappa shape index (κ2) is 7.58. The van der Waals surface area contributed by atoms with Crippen molar-refractivity contribution < 1.29 is 9.53 Å². The molecule has 0 N–H and O–H groups in total. The fourth-order valence-electron chi connectivity index (χ4n) is 2.94. The van der Waals surface area contributed by atoms with E-state index in [2.05, 4.69) is 11.0 Å². The van der Waals surface area contributed by atoms with Crippen LogP contribution in [0.25, 0.3) is 0 Å². The summed E-state index contributed by atoms with van der Waals surface area (Å²) >= 11 is 6.15. The number of hydrogen-bond donors (Lipinski definition) is 0. The van der Waals surface area contributed by atoms with Crippen LogP contribution in [-0.4, -0.2) is 44.1 Å². The lowest BCUT2D eigenvalue weighted by molar-refractivity contribution is -0.130. The van der Waals surface area contributed by atoms with Crippen molar-refractivity contribution in [1.82, 2.24) is 4.90 Å². The fourth-order valence-corrected chi connectivity index (χ4v) is 3.14. The highest BCUT2D eigenvalue weighted by Gasteiger charge is 2.22. The summed E-state index contributed by atoms with van der Waals surface area (Å²) in [5, 5.41) is 0.654. The summed E-state index contributed by atoms with van der Waals surface area (Å²) in [7, 11) is 1.67. The van der Waals surface area contributed by atoms with Crippen LogP contribution >= 0.6 is 11.6 Å². The number of carbonyl (C=O) groups is 1. The summed E-state index contributed by atoms with van der Waals surface area (Å²) in [6, 6.07) is 15.6. The SMILES string of the molecule is COc1cccc(N2CCN(C(=O)Cc3ccccc3Cl)CC2)c1. The van der Waals surface area contributed by atoms with Crippen LogP contribution in [0.1, 0.15) is 5.56 Å². The van der Waals surface area contributed by atoms with Gasteiger partial charge in [0.15, 0.2) is 0 Å². The lowest BCUT2D eigenvalue weighted by Crippen LogP contribution is -2.49. The van der Waals surface area contributed by atoms with Crippen LogP contribution in [0.15, 0.2) is 48.5 Å². The Bertz CT molecular complexity index is 712. The zero-order chi connectivity index (χ0) is 16.9. The van der Waals surface area contributed by atoms with Crippen LogP contribution in [0.4, 0.5) is 5.69 Å². The predicted octanol–water partition coefficient (Wildman–Crippen LogP) is 3.24. The van der Waals surface area contributed by atoms with E-state index in [-0.39, 0.29) is 5.91 Å². The van der Waals surface area contributed by atoms with Crippen LogP contribution in [0, 0.1) is 0 Å². The highest BCUT2D eigenvalue weighted by molar-refractivity contribution is 6.31. The quantitative estimate of drug-likeness (QED) is 0.853. The highest BCUT2D eigenvalue weighted by Crippen LogP contribution is 2.22. The van der Waals surface area contributed by atoms with Gasteiger partial charge in [-0.1, -0.05) is 35.9 Å². The molecule has 3 rings (SSSR count). The van der Waals surface area contributed by atoms with Gasteiger partial charge in [-0.3, -0.25) is 4.79 Å². The first-order chi connectivity index (χ1) is 11.7. The molecular formula is C19H21ClN2O2. The van der Waals surface area contributed by atoms with E-state index in [0.717, 1.165) is 43.2 Å². The maximum absolute atomic E-state index is 12.5. The number of hydrogen-bond acceptors (Lipinski definition) is 3. The standard InChI is InChI=1S/C19H21ClN2O2/c1-24-17-7-4-6-16(14-17)21-9-11-22(12-10-21)19(23)13-15-5-2-3-8-18(15)20/h2-8,14H,9-13H2,1H3. The molecule has 1 aliphatic heterocycles. The van der Waals surface area contributed by atoms with Gasteiger partial charge in [-0.2, -0.15) is 0 Å². The lowest BCUT2D eigenvalue weighted by Gasteiger charge is -2.36. The molecule has 4 nitrogen and oxygen atoms in total.